The van der Waals surface area contributed by atoms with E-state index in [4.69, 9.17) is 16.3 Å². The quantitative estimate of drug-likeness (QED) is 0.678. The van der Waals surface area contributed by atoms with Crippen molar-refractivity contribution in [3.8, 4) is 11.4 Å². The summed E-state index contributed by atoms with van der Waals surface area (Å²) in [6.07, 6.45) is 0. The lowest BCUT2D eigenvalue weighted by Crippen LogP contribution is -2.00. The average molecular weight is 287 g/mol. The van der Waals surface area contributed by atoms with E-state index in [0.717, 1.165) is 33.9 Å². The molecule has 20 heavy (non-hydrogen) atoms. The number of hydrogen-bond donors (Lipinski definition) is 0. The number of ether oxygens (including phenoxy) is 1. The zero-order chi connectivity index (χ0) is 14.1. The number of aryl methyl sites for hydroxylation is 1. The number of fused-ring (bicyclic) bond motifs is 1. The molecule has 0 N–H and O–H groups in total. The number of rotatable bonds is 3. The zero-order valence-electron chi connectivity index (χ0n) is 11.4. The fourth-order valence-electron chi connectivity index (χ4n) is 2.46. The van der Waals surface area contributed by atoms with Gasteiger partial charge >= 0.3 is 0 Å². The van der Waals surface area contributed by atoms with Crippen molar-refractivity contribution in [1.82, 2.24) is 9.55 Å². The molecular formula is C16H15ClN2O. The van der Waals surface area contributed by atoms with Crippen LogP contribution in [0.3, 0.4) is 0 Å². The molecule has 0 unspecified atom stereocenters. The first kappa shape index (κ1) is 13.0. The number of para-hydroxylation sites is 2. The summed E-state index contributed by atoms with van der Waals surface area (Å²) in [5.41, 5.74) is 4.15. The van der Waals surface area contributed by atoms with Gasteiger partial charge < -0.3 is 4.74 Å². The normalized spacial score (nSPS) is 10.9. The highest BCUT2D eigenvalue weighted by atomic mass is 35.5. The first-order chi connectivity index (χ1) is 9.74. The molecule has 0 spiro atoms. The second-order valence-electron chi connectivity index (χ2n) is 4.64. The standard InChI is InChI=1S/C16H15ClN2O/c1-11-9-12(7-8-15(11)20-2)19-14-6-4-3-5-13(14)18-16(19)10-17/h3-9H,10H2,1-2H3. The van der Waals surface area contributed by atoms with Gasteiger partial charge in [-0.15, -0.1) is 11.6 Å². The minimum atomic E-state index is 0.375. The van der Waals surface area contributed by atoms with Crippen LogP contribution in [0.5, 0.6) is 5.75 Å². The number of nitrogens with zero attached hydrogens (tertiary/aromatic N) is 2. The average Bonchev–Trinajstić information content (AvgIpc) is 2.85. The molecule has 0 fully saturated rings. The predicted octanol–water partition coefficient (Wildman–Crippen LogP) is 4.08. The summed E-state index contributed by atoms with van der Waals surface area (Å²) in [6, 6.07) is 14.1. The minimum Gasteiger partial charge on any atom is -0.496 e. The van der Waals surface area contributed by atoms with Crippen LogP contribution in [0.2, 0.25) is 0 Å². The molecule has 3 aromatic rings. The van der Waals surface area contributed by atoms with Crippen molar-refractivity contribution in [2.24, 2.45) is 0 Å². The third-order valence-corrected chi connectivity index (χ3v) is 3.63. The maximum absolute atomic E-state index is 6.04. The minimum absolute atomic E-state index is 0.375. The van der Waals surface area contributed by atoms with Gasteiger partial charge in [0, 0.05) is 5.69 Å². The Bertz CT molecular complexity index is 764. The predicted molar refractivity (Wildman–Crippen MR) is 81.9 cm³/mol. The molecule has 2 aromatic carbocycles. The summed E-state index contributed by atoms with van der Waals surface area (Å²) >= 11 is 6.04. The van der Waals surface area contributed by atoms with Crippen LogP contribution in [0, 0.1) is 6.92 Å². The number of benzene rings is 2. The van der Waals surface area contributed by atoms with Crippen molar-refractivity contribution >= 4 is 22.6 Å². The third kappa shape index (κ3) is 2.04. The molecule has 4 heteroatoms. The van der Waals surface area contributed by atoms with E-state index < -0.39 is 0 Å². The number of alkyl halides is 1. The van der Waals surface area contributed by atoms with Gasteiger partial charge in [0.1, 0.15) is 11.6 Å². The number of imidazole rings is 1. The van der Waals surface area contributed by atoms with Crippen LogP contribution in [0.1, 0.15) is 11.4 Å². The zero-order valence-corrected chi connectivity index (χ0v) is 12.2. The lowest BCUT2D eigenvalue weighted by molar-refractivity contribution is 0.411. The van der Waals surface area contributed by atoms with Crippen LogP contribution in [0.25, 0.3) is 16.7 Å². The molecule has 0 aliphatic rings. The van der Waals surface area contributed by atoms with Crippen LogP contribution in [0.4, 0.5) is 0 Å². The molecular weight excluding hydrogens is 272 g/mol. The maximum Gasteiger partial charge on any atom is 0.129 e. The van der Waals surface area contributed by atoms with Crippen LogP contribution in [-0.4, -0.2) is 16.7 Å². The van der Waals surface area contributed by atoms with E-state index in [1.54, 1.807) is 7.11 Å². The van der Waals surface area contributed by atoms with Crippen molar-refractivity contribution in [3.05, 3.63) is 53.9 Å². The number of methoxy groups -OCH3 is 1. The van der Waals surface area contributed by atoms with Crippen molar-refractivity contribution in [3.63, 3.8) is 0 Å². The first-order valence-corrected chi connectivity index (χ1v) is 6.95. The summed E-state index contributed by atoms with van der Waals surface area (Å²) in [6.45, 7) is 2.03. The van der Waals surface area contributed by atoms with Gasteiger partial charge in [0.2, 0.25) is 0 Å². The van der Waals surface area contributed by atoms with Crippen molar-refractivity contribution in [1.29, 1.82) is 0 Å². The molecule has 102 valence electrons. The van der Waals surface area contributed by atoms with Crippen molar-refractivity contribution in [2.75, 3.05) is 7.11 Å². The molecule has 3 rings (SSSR count). The smallest absolute Gasteiger partial charge is 0.129 e. The topological polar surface area (TPSA) is 27.1 Å². The highest BCUT2D eigenvalue weighted by Gasteiger charge is 2.12. The highest BCUT2D eigenvalue weighted by molar-refractivity contribution is 6.17. The number of aromatic nitrogens is 2. The van der Waals surface area contributed by atoms with Gasteiger partial charge in [0.15, 0.2) is 0 Å². The molecule has 0 aliphatic carbocycles. The largest absolute Gasteiger partial charge is 0.496 e. The van der Waals surface area contributed by atoms with Gasteiger partial charge in [-0.2, -0.15) is 0 Å². The van der Waals surface area contributed by atoms with Crippen LogP contribution in [-0.2, 0) is 5.88 Å². The monoisotopic (exact) mass is 286 g/mol. The van der Waals surface area contributed by atoms with E-state index >= 15 is 0 Å². The fraction of sp³-hybridized carbons (Fsp3) is 0.188. The molecule has 0 amide bonds. The summed E-state index contributed by atoms with van der Waals surface area (Å²) < 4.78 is 7.40. The lowest BCUT2D eigenvalue weighted by Gasteiger charge is -2.11. The summed E-state index contributed by atoms with van der Waals surface area (Å²) in [5.74, 6) is 2.10. The molecule has 3 nitrogen and oxygen atoms in total. The van der Waals surface area contributed by atoms with Crippen molar-refractivity contribution < 1.29 is 4.74 Å². The summed E-state index contributed by atoms with van der Waals surface area (Å²) in [5, 5.41) is 0. The van der Waals surface area contributed by atoms with Crippen molar-refractivity contribution in [2.45, 2.75) is 12.8 Å². The Morgan fingerprint density at radius 1 is 1.20 bits per heavy atom. The van der Waals surface area contributed by atoms with Crippen LogP contribution >= 0.6 is 11.6 Å². The fourth-order valence-corrected chi connectivity index (χ4v) is 2.63. The van der Waals surface area contributed by atoms with Gasteiger partial charge in [-0.3, -0.25) is 4.57 Å². The molecule has 1 aromatic heterocycles. The van der Waals surface area contributed by atoms with Gasteiger partial charge in [-0.1, -0.05) is 12.1 Å². The first-order valence-electron chi connectivity index (χ1n) is 6.42. The Balaban J connectivity index is 2.25. The van der Waals surface area contributed by atoms with E-state index in [9.17, 15) is 0 Å². The Morgan fingerprint density at radius 3 is 2.70 bits per heavy atom. The van der Waals surface area contributed by atoms with E-state index in [1.165, 1.54) is 0 Å². The highest BCUT2D eigenvalue weighted by Crippen LogP contribution is 2.26. The van der Waals surface area contributed by atoms with Gasteiger partial charge in [0.05, 0.1) is 24.0 Å². The molecule has 0 atom stereocenters. The molecule has 0 saturated heterocycles. The molecule has 0 aliphatic heterocycles. The van der Waals surface area contributed by atoms with Crippen LogP contribution in [0.15, 0.2) is 42.5 Å². The van der Waals surface area contributed by atoms with Gasteiger partial charge in [-0.25, -0.2) is 4.98 Å². The van der Waals surface area contributed by atoms with Crippen LogP contribution < -0.4 is 4.74 Å². The van der Waals surface area contributed by atoms with E-state index in [1.807, 2.05) is 37.3 Å². The number of halogens is 1. The second kappa shape index (κ2) is 5.17. The van der Waals surface area contributed by atoms with Gasteiger partial charge in [0.25, 0.3) is 0 Å². The van der Waals surface area contributed by atoms with Gasteiger partial charge in [-0.05, 0) is 42.8 Å². The Hall–Kier alpha value is -2.00. The Morgan fingerprint density at radius 2 is 2.00 bits per heavy atom. The summed E-state index contributed by atoms with van der Waals surface area (Å²) in [4.78, 5) is 4.58. The molecule has 0 bridgehead atoms. The maximum atomic E-state index is 6.04. The lowest BCUT2D eigenvalue weighted by atomic mass is 10.2. The molecule has 0 saturated carbocycles. The molecule has 0 radical (unpaired) electrons. The van der Waals surface area contributed by atoms with E-state index in [2.05, 4.69) is 21.7 Å². The van der Waals surface area contributed by atoms with E-state index in [-0.39, 0.29) is 0 Å². The SMILES string of the molecule is COc1ccc(-n2c(CCl)nc3ccccc32)cc1C. The Labute approximate surface area is 122 Å². The third-order valence-electron chi connectivity index (χ3n) is 3.39. The number of hydrogen-bond acceptors (Lipinski definition) is 2. The Kier molecular flexibility index (Phi) is 3.36. The summed E-state index contributed by atoms with van der Waals surface area (Å²) in [7, 11) is 1.68. The van der Waals surface area contributed by atoms with E-state index in [0.29, 0.717) is 5.88 Å². The molecule has 1 heterocycles. The second-order valence-corrected chi connectivity index (χ2v) is 4.91.